The highest BCUT2D eigenvalue weighted by Gasteiger charge is 2.31. The Morgan fingerprint density at radius 2 is 1.75 bits per heavy atom. The normalized spacial score (nSPS) is 15.0. The summed E-state index contributed by atoms with van der Waals surface area (Å²) >= 11 is 0. The first-order valence-electron chi connectivity index (χ1n) is 12.4. The molecule has 1 atom stereocenters. The number of cyclic esters (lactones) is 2. The van der Waals surface area contributed by atoms with E-state index in [9.17, 15) is 9.59 Å². The molecule has 0 spiro atoms. The van der Waals surface area contributed by atoms with Gasteiger partial charge in [-0.05, 0) is 56.0 Å². The van der Waals surface area contributed by atoms with Gasteiger partial charge in [0.15, 0.2) is 11.5 Å². The Labute approximate surface area is 211 Å². The number of nitrogens with zero attached hydrogens (tertiary/aromatic N) is 1. The lowest BCUT2D eigenvalue weighted by molar-refractivity contribution is -0.135. The second-order valence-corrected chi connectivity index (χ2v) is 8.87. The van der Waals surface area contributed by atoms with Gasteiger partial charge in [0, 0.05) is 5.56 Å². The molecule has 1 aromatic heterocycles. The first-order valence-corrected chi connectivity index (χ1v) is 12.4. The van der Waals surface area contributed by atoms with Crippen LogP contribution in [-0.2, 0) is 22.6 Å². The first-order chi connectivity index (χ1) is 17.5. The number of amides is 1. The Bertz CT molecular complexity index is 1170. The number of unbranched alkanes of at least 4 members (excludes halogenated alkanes) is 4. The van der Waals surface area contributed by atoms with Gasteiger partial charge in [-0.1, -0.05) is 49.9 Å². The minimum atomic E-state index is -0.637. The van der Waals surface area contributed by atoms with Gasteiger partial charge < -0.3 is 23.9 Å². The second kappa shape index (κ2) is 12.2. The van der Waals surface area contributed by atoms with Crippen molar-refractivity contribution in [1.29, 1.82) is 0 Å². The van der Waals surface area contributed by atoms with Gasteiger partial charge in [-0.25, -0.2) is 14.6 Å². The lowest BCUT2D eigenvalue weighted by atomic mass is 10.0. The molecule has 0 radical (unpaired) electrons. The topological polar surface area (TPSA) is 99.9 Å². The monoisotopic (exact) mass is 492 g/mol. The minimum Gasteiger partial charge on any atom is -0.493 e. The maximum atomic E-state index is 11.4. The number of alkyl carbamates (subject to hydrolysis) is 1. The fourth-order valence-corrected chi connectivity index (χ4v) is 4.19. The number of carbonyl (C=O) groups is 2. The standard InChI is InChI=1S/C28H32N2O6/c1-19-23(29-26(35-19)21-12-8-6-9-13-21)18-34-24-16-15-20(17-25(24)33-2)11-7-4-3-5-10-14-22-27(31)36-28(32)30-22/h6,8-9,12-13,15-17,22H,3-5,7,10-11,14,18H2,1-2H3,(H,30,32). The van der Waals surface area contributed by atoms with Crippen LogP contribution in [0.3, 0.4) is 0 Å². The van der Waals surface area contributed by atoms with Crippen molar-refractivity contribution in [2.24, 2.45) is 0 Å². The van der Waals surface area contributed by atoms with E-state index < -0.39 is 18.1 Å². The molecule has 36 heavy (non-hydrogen) atoms. The number of aryl methyl sites for hydroxylation is 2. The van der Waals surface area contributed by atoms with Crippen molar-refractivity contribution in [2.75, 3.05) is 7.11 Å². The molecule has 2 heterocycles. The number of esters is 1. The molecule has 1 saturated heterocycles. The van der Waals surface area contributed by atoms with Gasteiger partial charge in [-0.2, -0.15) is 0 Å². The summed E-state index contributed by atoms with van der Waals surface area (Å²) < 4.78 is 21.9. The number of hydrogen-bond donors (Lipinski definition) is 1. The van der Waals surface area contributed by atoms with Crippen molar-refractivity contribution in [1.82, 2.24) is 10.3 Å². The van der Waals surface area contributed by atoms with E-state index in [1.807, 2.05) is 49.4 Å². The van der Waals surface area contributed by atoms with Crippen molar-refractivity contribution in [3.05, 3.63) is 65.5 Å². The van der Waals surface area contributed by atoms with E-state index >= 15 is 0 Å². The number of oxazole rings is 1. The number of benzene rings is 2. The Balaban J connectivity index is 1.20. The number of ether oxygens (including phenoxy) is 3. The van der Waals surface area contributed by atoms with Gasteiger partial charge >= 0.3 is 12.1 Å². The van der Waals surface area contributed by atoms with Crippen LogP contribution in [0.15, 0.2) is 52.9 Å². The molecule has 0 saturated carbocycles. The van der Waals surface area contributed by atoms with Crippen molar-refractivity contribution >= 4 is 12.1 Å². The predicted molar refractivity (Wildman–Crippen MR) is 134 cm³/mol. The molecule has 1 aliphatic rings. The van der Waals surface area contributed by atoms with Gasteiger partial charge in [-0.15, -0.1) is 0 Å². The van der Waals surface area contributed by atoms with Crippen molar-refractivity contribution < 1.29 is 28.2 Å². The van der Waals surface area contributed by atoms with Gasteiger partial charge in [0.05, 0.1) is 7.11 Å². The second-order valence-electron chi connectivity index (χ2n) is 8.87. The highest BCUT2D eigenvalue weighted by atomic mass is 16.6. The van der Waals surface area contributed by atoms with Crippen LogP contribution in [0.5, 0.6) is 11.5 Å². The SMILES string of the molecule is COc1cc(CCCCCCCC2NC(=O)OC2=O)ccc1OCc1nc(-c2ccccc2)oc1C. The molecule has 3 aromatic rings. The maximum Gasteiger partial charge on any atom is 0.415 e. The van der Waals surface area contributed by atoms with Crippen LogP contribution < -0.4 is 14.8 Å². The number of aromatic nitrogens is 1. The number of rotatable bonds is 13. The van der Waals surface area contributed by atoms with Crippen LogP contribution in [0, 0.1) is 6.92 Å². The lowest BCUT2D eigenvalue weighted by Crippen LogP contribution is -2.28. The highest BCUT2D eigenvalue weighted by molar-refractivity contribution is 5.95. The third kappa shape index (κ3) is 6.65. The van der Waals surface area contributed by atoms with Gasteiger partial charge in [0.2, 0.25) is 5.89 Å². The van der Waals surface area contributed by atoms with Crippen LogP contribution in [0.1, 0.15) is 55.5 Å². The molecule has 8 heteroatoms. The quantitative estimate of drug-likeness (QED) is 0.184. The summed E-state index contributed by atoms with van der Waals surface area (Å²) in [5.74, 6) is 2.22. The molecule has 0 bridgehead atoms. The Kier molecular flexibility index (Phi) is 8.60. The molecule has 4 rings (SSSR count). The fourth-order valence-electron chi connectivity index (χ4n) is 4.19. The molecule has 190 valence electrons. The summed E-state index contributed by atoms with van der Waals surface area (Å²) in [6.45, 7) is 2.18. The third-order valence-corrected chi connectivity index (χ3v) is 6.23. The van der Waals surface area contributed by atoms with E-state index in [4.69, 9.17) is 13.9 Å². The van der Waals surface area contributed by atoms with E-state index in [2.05, 4.69) is 21.1 Å². The molecule has 2 aromatic carbocycles. The van der Waals surface area contributed by atoms with Crippen LogP contribution in [0.4, 0.5) is 4.79 Å². The number of nitrogens with one attached hydrogen (secondary N) is 1. The minimum absolute atomic E-state index is 0.292. The van der Waals surface area contributed by atoms with Crippen LogP contribution in [-0.4, -0.2) is 30.2 Å². The lowest BCUT2D eigenvalue weighted by Gasteiger charge is -2.12. The highest BCUT2D eigenvalue weighted by Crippen LogP contribution is 2.30. The Morgan fingerprint density at radius 1 is 0.972 bits per heavy atom. The molecular weight excluding hydrogens is 460 g/mol. The summed E-state index contributed by atoms with van der Waals surface area (Å²) in [5.41, 5.74) is 2.88. The van der Waals surface area contributed by atoms with Gasteiger partial charge in [-0.3, -0.25) is 0 Å². The van der Waals surface area contributed by atoms with E-state index in [1.165, 1.54) is 5.56 Å². The number of hydrogen-bond acceptors (Lipinski definition) is 7. The van der Waals surface area contributed by atoms with E-state index in [0.29, 0.717) is 30.4 Å². The number of methoxy groups -OCH3 is 1. The summed E-state index contributed by atoms with van der Waals surface area (Å²) in [4.78, 5) is 27.1. The number of carbonyl (C=O) groups excluding carboxylic acids is 2. The molecular formula is C28H32N2O6. The molecule has 1 amide bonds. The summed E-state index contributed by atoms with van der Waals surface area (Å²) in [7, 11) is 1.64. The van der Waals surface area contributed by atoms with E-state index in [-0.39, 0.29) is 0 Å². The first kappa shape index (κ1) is 25.3. The third-order valence-electron chi connectivity index (χ3n) is 6.23. The van der Waals surface area contributed by atoms with Crippen LogP contribution >= 0.6 is 0 Å². The smallest absolute Gasteiger partial charge is 0.415 e. The van der Waals surface area contributed by atoms with Crippen LogP contribution in [0.25, 0.3) is 11.5 Å². The summed E-state index contributed by atoms with van der Waals surface area (Å²) in [6, 6.07) is 15.3. The van der Waals surface area contributed by atoms with Gasteiger partial charge in [0.1, 0.15) is 24.1 Å². The maximum absolute atomic E-state index is 11.4. The molecule has 1 fully saturated rings. The molecule has 1 aliphatic heterocycles. The van der Waals surface area contributed by atoms with E-state index in [0.717, 1.165) is 55.5 Å². The van der Waals surface area contributed by atoms with Crippen molar-refractivity contribution in [2.45, 2.75) is 64.5 Å². The average Bonchev–Trinajstić information content (AvgIpc) is 3.42. The van der Waals surface area contributed by atoms with Crippen LogP contribution in [0.2, 0.25) is 0 Å². The Hall–Kier alpha value is -3.81. The molecule has 0 aliphatic carbocycles. The average molecular weight is 493 g/mol. The molecule has 8 nitrogen and oxygen atoms in total. The van der Waals surface area contributed by atoms with Gasteiger partial charge in [0.25, 0.3) is 0 Å². The zero-order valence-electron chi connectivity index (χ0n) is 20.7. The largest absolute Gasteiger partial charge is 0.493 e. The van der Waals surface area contributed by atoms with Crippen molar-refractivity contribution in [3.8, 4) is 23.0 Å². The fraction of sp³-hybridized carbons (Fsp3) is 0.393. The van der Waals surface area contributed by atoms with Crippen molar-refractivity contribution in [3.63, 3.8) is 0 Å². The summed E-state index contributed by atoms with van der Waals surface area (Å²) in [5, 5.41) is 2.53. The predicted octanol–water partition coefficient (Wildman–Crippen LogP) is 5.76. The molecule has 1 unspecified atom stereocenters. The zero-order valence-corrected chi connectivity index (χ0v) is 20.7. The summed E-state index contributed by atoms with van der Waals surface area (Å²) in [6.07, 6.45) is 6.08. The zero-order chi connectivity index (χ0) is 25.3. The molecule has 1 N–H and O–H groups in total. The van der Waals surface area contributed by atoms with E-state index in [1.54, 1.807) is 7.11 Å². The Morgan fingerprint density at radius 3 is 2.50 bits per heavy atom.